The third-order valence-electron chi connectivity index (χ3n) is 3.22. The lowest BCUT2D eigenvalue weighted by Gasteiger charge is -2.34. The molecular formula is C11H21NO4S. The van der Waals surface area contributed by atoms with Crippen LogP contribution in [-0.4, -0.2) is 42.1 Å². The van der Waals surface area contributed by atoms with Gasteiger partial charge in [0.25, 0.3) is 0 Å². The van der Waals surface area contributed by atoms with Gasteiger partial charge in [-0.05, 0) is 33.6 Å². The number of nitrogens with zero attached hydrogens (tertiary/aromatic N) is 1. The van der Waals surface area contributed by atoms with E-state index in [-0.39, 0.29) is 11.8 Å². The zero-order valence-electron chi connectivity index (χ0n) is 10.6. The van der Waals surface area contributed by atoms with Crippen LogP contribution in [-0.2, 0) is 14.8 Å². The van der Waals surface area contributed by atoms with Crippen molar-refractivity contribution < 1.29 is 18.3 Å². The fourth-order valence-corrected chi connectivity index (χ4v) is 4.35. The molecule has 0 bridgehead atoms. The molecule has 1 atom stereocenters. The van der Waals surface area contributed by atoms with Crippen molar-refractivity contribution in [3.63, 3.8) is 0 Å². The van der Waals surface area contributed by atoms with Gasteiger partial charge in [0, 0.05) is 12.6 Å². The van der Waals surface area contributed by atoms with Crippen LogP contribution in [0.2, 0.25) is 0 Å². The monoisotopic (exact) mass is 263 g/mol. The molecule has 1 rings (SSSR count). The molecule has 1 saturated heterocycles. The molecule has 1 aliphatic heterocycles. The Balaban J connectivity index is 2.84. The Kier molecular flexibility index (Phi) is 4.19. The van der Waals surface area contributed by atoms with Crippen molar-refractivity contribution in [2.45, 2.75) is 46.1 Å². The Hall–Kier alpha value is -0.620. The summed E-state index contributed by atoms with van der Waals surface area (Å²) in [6.45, 7) is 5.28. The van der Waals surface area contributed by atoms with E-state index in [0.29, 0.717) is 6.54 Å². The molecule has 0 aromatic carbocycles. The quantitative estimate of drug-likeness (QED) is 0.829. The van der Waals surface area contributed by atoms with Crippen LogP contribution in [0.25, 0.3) is 0 Å². The first-order valence-corrected chi connectivity index (χ1v) is 7.51. The maximum atomic E-state index is 12.2. The molecule has 0 aromatic heterocycles. The minimum absolute atomic E-state index is 0.0154. The summed E-state index contributed by atoms with van der Waals surface area (Å²) in [6, 6.07) is -0.0154. The highest BCUT2D eigenvalue weighted by Crippen LogP contribution is 2.25. The van der Waals surface area contributed by atoms with Gasteiger partial charge in [0.1, 0.15) is 0 Å². The van der Waals surface area contributed by atoms with Gasteiger partial charge in [0.05, 0.1) is 11.2 Å². The fourth-order valence-electron chi connectivity index (χ4n) is 2.09. The second kappa shape index (κ2) is 4.94. The first kappa shape index (κ1) is 14.4. The summed E-state index contributed by atoms with van der Waals surface area (Å²) in [5.74, 6) is -1.41. The van der Waals surface area contributed by atoms with Crippen molar-refractivity contribution in [1.82, 2.24) is 4.31 Å². The average molecular weight is 263 g/mol. The summed E-state index contributed by atoms with van der Waals surface area (Å²) in [7, 11) is -3.48. The van der Waals surface area contributed by atoms with Gasteiger partial charge >= 0.3 is 5.97 Å². The molecule has 0 radical (unpaired) electrons. The Morgan fingerprint density at radius 1 is 1.41 bits per heavy atom. The van der Waals surface area contributed by atoms with Gasteiger partial charge in [0.2, 0.25) is 10.0 Å². The molecule has 1 N–H and O–H groups in total. The first-order chi connectivity index (χ1) is 7.67. The molecule has 0 amide bonds. The van der Waals surface area contributed by atoms with Gasteiger partial charge in [-0.15, -0.1) is 0 Å². The number of rotatable bonds is 4. The van der Waals surface area contributed by atoms with E-state index < -0.39 is 21.4 Å². The molecule has 0 spiro atoms. The highest BCUT2D eigenvalue weighted by Gasteiger charge is 2.38. The number of carboxylic acids is 1. The van der Waals surface area contributed by atoms with Crippen LogP contribution in [0.4, 0.5) is 0 Å². The third-order valence-corrected chi connectivity index (χ3v) is 5.57. The molecule has 100 valence electrons. The number of hydrogen-bond donors (Lipinski definition) is 1. The molecule has 0 aliphatic carbocycles. The largest absolute Gasteiger partial charge is 0.481 e. The fraction of sp³-hybridized carbons (Fsp3) is 0.909. The van der Waals surface area contributed by atoms with Crippen molar-refractivity contribution in [3.05, 3.63) is 0 Å². The molecule has 1 heterocycles. The second-order valence-electron chi connectivity index (χ2n) is 5.40. The van der Waals surface area contributed by atoms with E-state index in [1.54, 1.807) is 0 Å². The van der Waals surface area contributed by atoms with Crippen LogP contribution < -0.4 is 0 Å². The maximum absolute atomic E-state index is 12.2. The maximum Gasteiger partial charge on any atom is 0.310 e. The van der Waals surface area contributed by atoms with E-state index in [1.807, 2.05) is 6.92 Å². The number of carbonyl (C=O) groups is 1. The van der Waals surface area contributed by atoms with E-state index in [0.717, 1.165) is 19.3 Å². The minimum atomic E-state index is -3.48. The highest BCUT2D eigenvalue weighted by molar-refractivity contribution is 7.89. The van der Waals surface area contributed by atoms with E-state index in [9.17, 15) is 13.2 Å². The summed E-state index contributed by atoms with van der Waals surface area (Å²) in [6.07, 6.45) is 2.75. The lowest BCUT2D eigenvalue weighted by Crippen LogP contribution is -2.46. The molecule has 6 heteroatoms. The van der Waals surface area contributed by atoms with Gasteiger partial charge in [-0.3, -0.25) is 4.79 Å². The van der Waals surface area contributed by atoms with Crippen molar-refractivity contribution >= 4 is 16.0 Å². The molecule has 5 nitrogen and oxygen atoms in total. The van der Waals surface area contributed by atoms with E-state index in [2.05, 4.69) is 0 Å². The summed E-state index contributed by atoms with van der Waals surface area (Å²) < 4.78 is 25.8. The Morgan fingerprint density at radius 3 is 2.47 bits per heavy atom. The molecule has 17 heavy (non-hydrogen) atoms. The summed E-state index contributed by atoms with van der Waals surface area (Å²) in [5.41, 5.74) is -1.24. The topological polar surface area (TPSA) is 74.7 Å². The van der Waals surface area contributed by atoms with Crippen LogP contribution in [0, 0.1) is 5.41 Å². The van der Waals surface area contributed by atoms with Crippen molar-refractivity contribution in [2.75, 3.05) is 12.3 Å². The van der Waals surface area contributed by atoms with Gasteiger partial charge in [-0.1, -0.05) is 6.42 Å². The number of hydrogen-bond acceptors (Lipinski definition) is 3. The standard InChI is InChI=1S/C11H21NO4S/c1-9-6-4-5-7-12(9)17(15,16)8-11(2,3)10(13)14/h9H,4-8H2,1-3H3,(H,13,14). The SMILES string of the molecule is CC1CCCCN1S(=O)(=O)CC(C)(C)C(=O)O. The van der Waals surface area contributed by atoms with Crippen molar-refractivity contribution in [3.8, 4) is 0 Å². The summed E-state index contributed by atoms with van der Waals surface area (Å²) in [4.78, 5) is 11.0. The Bertz CT molecular complexity index is 388. The predicted molar refractivity (Wildman–Crippen MR) is 65.2 cm³/mol. The lowest BCUT2D eigenvalue weighted by atomic mass is 9.97. The van der Waals surface area contributed by atoms with Crippen LogP contribution in [0.1, 0.15) is 40.0 Å². The summed E-state index contributed by atoms with van der Waals surface area (Å²) in [5, 5.41) is 8.99. The van der Waals surface area contributed by atoms with Crippen LogP contribution in [0.3, 0.4) is 0 Å². The number of sulfonamides is 1. The average Bonchev–Trinajstić information content (AvgIpc) is 2.16. The van der Waals surface area contributed by atoms with E-state index in [1.165, 1.54) is 18.2 Å². The Labute approximate surface area is 103 Å². The van der Waals surface area contributed by atoms with Crippen LogP contribution in [0.5, 0.6) is 0 Å². The first-order valence-electron chi connectivity index (χ1n) is 5.90. The molecule has 1 aliphatic rings. The normalized spacial score (nSPS) is 23.6. The number of piperidine rings is 1. The lowest BCUT2D eigenvalue weighted by molar-refractivity contribution is -0.145. The minimum Gasteiger partial charge on any atom is -0.481 e. The number of aliphatic carboxylic acids is 1. The smallest absolute Gasteiger partial charge is 0.310 e. The van der Waals surface area contributed by atoms with Gasteiger partial charge in [-0.25, -0.2) is 8.42 Å². The van der Waals surface area contributed by atoms with Crippen molar-refractivity contribution in [2.24, 2.45) is 5.41 Å². The molecular weight excluding hydrogens is 242 g/mol. The second-order valence-corrected chi connectivity index (χ2v) is 7.32. The summed E-state index contributed by atoms with van der Waals surface area (Å²) >= 11 is 0. The van der Waals surface area contributed by atoms with Crippen molar-refractivity contribution in [1.29, 1.82) is 0 Å². The zero-order valence-corrected chi connectivity index (χ0v) is 11.5. The highest BCUT2D eigenvalue weighted by atomic mass is 32.2. The van der Waals surface area contributed by atoms with Gasteiger partial charge < -0.3 is 5.11 Å². The molecule has 0 aromatic rings. The zero-order chi connectivity index (χ0) is 13.3. The number of carboxylic acid groups (broad SMARTS) is 1. The van der Waals surface area contributed by atoms with Crippen LogP contribution >= 0.6 is 0 Å². The van der Waals surface area contributed by atoms with Gasteiger partial charge in [-0.2, -0.15) is 4.31 Å². The van der Waals surface area contributed by atoms with Crippen LogP contribution in [0.15, 0.2) is 0 Å². The predicted octanol–water partition coefficient (Wildman–Crippen LogP) is 1.30. The van der Waals surface area contributed by atoms with E-state index >= 15 is 0 Å². The third kappa shape index (κ3) is 3.42. The van der Waals surface area contributed by atoms with Gasteiger partial charge in [0.15, 0.2) is 0 Å². The Morgan fingerprint density at radius 2 is 2.00 bits per heavy atom. The molecule has 1 fully saturated rings. The molecule has 0 saturated carbocycles. The van der Waals surface area contributed by atoms with E-state index in [4.69, 9.17) is 5.11 Å². The molecule has 1 unspecified atom stereocenters.